The Morgan fingerprint density at radius 1 is 1.35 bits per heavy atom. The Labute approximate surface area is 121 Å². The zero-order valence-corrected chi connectivity index (χ0v) is 12.7. The van der Waals surface area contributed by atoms with Gasteiger partial charge in [-0.1, -0.05) is 19.1 Å². The van der Waals surface area contributed by atoms with E-state index in [1.165, 1.54) is 5.56 Å². The van der Waals surface area contributed by atoms with Crippen molar-refractivity contribution in [1.29, 1.82) is 0 Å². The maximum Gasteiger partial charge on any atom is 0.244 e. The normalized spacial score (nSPS) is 16.9. The van der Waals surface area contributed by atoms with E-state index < -0.39 is 5.54 Å². The molecule has 4 heteroatoms. The molecule has 1 aromatic rings. The summed E-state index contributed by atoms with van der Waals surface area (Å²) in [4.78, 5) is 14.8. The van der Waals surface area contributed by atoms with E-state index >= 15 is 0 Å². The lowest BCUT2D eigenvalue weighted by atomic mass is 10.00. The molecular formula is C16H25N3O. The number of hydrogen-bond acceptors (Lipinski definition) is 3. The Hall–Kier alpha value is -1.39. The molecule has 1 aromatic carbocycles. The lowest BCUT2D eigenvalue weighted by molar-refractivity contribution is -0.126. The minimum absolute atomic E-state index is 0.0626. The van der Waals surface area contributed by atoms with Crippen LogP contribution in [0.4, 0.5) is 5.69 Å². The van der Waals surface area contributed by atoms with Crippen molar-refractivity contribution in [2.75, 3.05) is 31.5 Å². The minimum atomic E-state index is -0.482. The zero-order valence-electron chi connectivity index (χ0n) is 12.7. The van der Waals surface area contributed by atoms with Crippen molar-refractivity contribution in [3.63, 3.8) is 0 Å². The van der Waals surface area contributed by atoms with Crippen molar-refractivity contribution < 1.29 is 4.79 Å². The number of nitrogens with zero attached hydrogens (tertiary/aromatic N) is 1. The number of benzene rings is 1. The van der Waals surface area contributed by atoms with Crippen molar-refractivity contribution in [3.8, 4) is 0 Å². The molecule has 2 rings (SSSR count). The maximum absolute atomic E-state index is 12.6. The van der Waals surface area contributed by atoms with Crippen LogP contribution in [0.5, 0.6) is 0 Å². The van der Waals surface area contributed by atoms with Gasteiger partial charge in [0.1, 0.15) is 0 Å². The molecular weight excluding hydrogens is 250 g/mol. The average Bonchev–Trinajstić information content (AvgIpc) is 2.48. The van der Waals surface area contributed by atoms with Gasteiger partial charge in [0.05, 0.1) is 5.54 Å². The summed E-state index contributed by atoms with van der Waals surface area (Å²) in [6.07, 6.45) is 0.977. The summed E-state index contributed by atoms with van der Waals surface area (Å²) in [7, 11) is 0. The van der Waals surface area contributed by atoms with Gasteiger partial charge in [0.2, 0.25) is 5.91 Å². The average molecular weight is 275 g/mol. The topological polar surface area (TPSA) is 44.4 Å². The fourth-order valence-corrected chi connectivity index (χ4v) is 2.52. The second-order valence-corrected chi connectivity index (χ2v) is 5.80. The first kappa shape index (κ1) is 15.0. The van der Waals surface area contributed by atoms with E-state index in [2.05, 4.69) is 28.5 Å². The molecule has 1 saturated heterocycles. The number of rotatable bonds is 4. The second kappa shape index (κ2) is 6.37. The molecule has 0 saturated carbocycles. The number of piperazine rings is 1. The number of nitrogens with one attached hydrogen (secondary N) is 2. The molecule has 0 atom stereocenters. The van der Waals surface area contributed by atoms with Gasteiger partial charge in [0.25, 0.3) is 0 Å². The molecule has 0 aliphatic carbocycles. The molecule has 20 heavy (non-hydrogen) atoms. The van der Waals surface area contributed by atoms with Gasteiger partial charge in [-0.2, -0.15) is 0 Å². The fraction of sp³-hybridized carbons (Fsp3) is 0.562. The van der Waals surface area contributed by atoms with Crippen molar-refractivity contribution in [2.24, 2.45) is 0 Å². The van der Waals surface area contributed by atoms with Gasteiger partial charge < -0.3 is 10.6 Å². The van der Waals surface area contributed by atoms with Gasteiger partial charge in [-0.3, -0.25) is 9.69 Å². The highest BCUT2D eigenvalue weighted by Gasteiger charge is 2.35. The number of hydrogen-bond donors (Lipinski definition) is 2. The first-order valence-electron chi connectivity index (χ1n) is 7.40. The van der Waals surface area contributed by atoms with Gasteiger partial charge in [0.15, 0.2) is 0 Å². The summed E-state index contributed by atoms with van der Waals surface area (Å²) < 4.78 is 0. The van der Waals surface area contributed by atoms with Crippen LogP contribution in [0, 0.1) is 0 Å². The van der Waals surface area contributed by atoms with Gasteiger partial charge in [-0.05, 0) is 38.0 Å². The van der Waals surface area contributed by atoms with E-state index in [-0.39, 0.29) is 5.91 Å². The smallest absolute Gasteiger partial charge is 0.244 e. The second-order valence-electron chi connectivity index (χ2n) is 5.80. The third-order valence-corrected chi connectivity index (χ3v) is 4.06. The van der Waals surface area contributed by atoms with Crippen molar-refractivity contribution in [2.45, 2.75) is 32.7 Å². The standard InChI is InChI=1S/C16H25N3O/c1-4-13-6-5-7-14(12-13)18-15(20)16(2,3)19-10-8-17-9-11-19/h5-7,12,17H,4,8-11H2,1-3H3,(H,18,20). The van der Waals surface area contributed by atoms with Gasteiger partial charge >= 0.3 is 0 Å². The molecule has 4 nitrogen and oxygen atoms in total. The number of carbonyl (C=O) groups is 1. The molecule has 0 spiro atoms. The van der Waals surface area contributed by atoms with Crippen LogP contribution in [0.2, 0.25) is 0 Å². The molecule has 1 fully saturated rings. The molecule has 1 aliphatic rings. The van der Waals surface area contributed by atoms with Gasteiger partial charge in [-0.15, -0.1) is 0 Å². The largest absolute Gasteiger partial charge is 0.324 e. The molecule has 2 N–H and O–H groups in total. The van der Waals surface area contributed by atoms with E-state index in [1.54, 1.807) is 0 Å². The van der Waals surface area contributed by atoms with Crippen LogP contribution in [-0.4, -0.2) is 42.5 Å². The summed E-state index contributed by atoms with van der Waals surface area (Å²) in [5.74, 6) is 0.0626. The van der Waals surface area contributed by atoms with Crippen LogP contribution in [0.3, 0.4) is 0 Å². The SMILES string of the molecule is CCc1cccc(NC(=O)C(C)(C)N2CCNCC2)c1. The fourth-order valence-electron chi connectivity index (χ4n) is 2.52. The van der Waals surface area contributed by atoms with E-state index in [0.29, 0.717) is 0 Å². The molecule has 110 valence electrons. The molecule has 0 radical (unpaired) electrons. The Morgan fingerprint density at radius 2 is 2.05 bits per heavy atom. The highest BCUT2D eigenvalue weighted by molar-refractivity contribution is 5.97. The number of carbonyl (C=O) groups excluding carboxylic acids is 1. The van der Waals surface area contributed by atoms with Crippen molar-refractivity contribution in [1.82, 2.24) is 10.2 Å². The van der Waals surface area contributed by atoms with Crippen LogP contribution >= 0.6 is 0 Å². The van der Waals surface area contributed by atoms with Crippen LogP contribution in [-0.2, 0) is 11.2 Å². The Morgan fingerprint density at radius 3 is 2.70 bits per heavy atom. The third kappa shape index (κ3) is 3.38. The van der Waals surface area contributed by atoms with Crippen LogP contribution in [0.25, 0.3) is 0 Å². The van der Waals surface area contributed by atoms with Crippen LogP contribution < -0.4 is 10.6 Å². The molecule has 0 bridgehead atoms. The highest BCUT2D eigenvalue weighted by Crippen LogP contribution is 2.19. The number of aryl methyl sites for hydroxylation is 1. The monoisotopic (exact) mass is 275 g/mol. The Bertz CT molecular complexity index is 465. The van der Waals surface area contributed by atoms with E-state index in [1.807, 2.05) is 32.0 Å². The van der Waals surface area contributed by atoms with Crippen LogP contribution in [0.15, 0.2) is 24.3 Å². The summed E-state index contributed by atoms with van der Waals surface area (Å²) in [5, 5.41) is 6.37. The lowest BCUT2D eigenvalue weighted by Gasteiger charge is -2.39. The molecule has 1 aliphatic heterocycles. The first-order valence-corrected chi connectivity index (χ1v) is 7.40. The zero-order chi connectivity index (χ0) is 14.6. The summed E-state index contributed by atoms with van der Waals surface area (Å²) in [6, 6.07) is 8.07. The van der Waals surface area contributed by atoms with Gasteiger partial charge in [0, 0.05) is 31.9 Å². The quantitative estimate of drug-likeness (QED) is 0.882. The van der Waals surface area contributed by atoms with Gasteiger partial charge in [-0.25, -0.2) is 0 Å². The maximum atomic E-state index is 12.6. The Kier molecular flexibility index (Phi) is 4.78. The molecule has 1 heterocycles. The van der Waals surface area contributed by atoms with E-state index in [9.17, 15) is 4.79 Å². The van der Waals surface area contributed by atoms with Crippen molar-refractivity contribution >= 4 is 11.6 Å². The Balaban J connectivity index is 2.05. The first-order chi connectivity index (χ1) is 9.54. The lowest BCUT2D eigenvalue weighted by Crippen LogP contribution is -2.58. The molecule has 0 aromatic heterocycles. The summed E-state index contributed by atoms with van der Waals surface area (Å²) in [5.41, 5.74) is 1.64. The van der Waals surface area contributed by atoms with E-state index in [4.69, 9.17) is 0 Å². The van der Waals surface area contributed by atoms with Crippen LogP contribution in [0.1, 0.15) is 26.3 Å². The summed E-state index contributed by atoms with van der Waals surface area (Å²) >= 11 is 0. The number of amides is 1. The minimum Gasteiger partial charge on any atom is -0.324 e. The van der Waals surface area contributed by atoms with E-state index in [0.717, 1.165) is 38.3 Å². The number of anilines is 1. The predicted octanol–water partition coefficient (Wildman–Crippen LogP) is 1.87. The third-order valence-electron chi connectivity index (χ3n) is 4.06. The highest BCUT2D eigenvalue weighted by atomic mass is 16.2. The molecule has 1 amide bonds. The van der Waals surface area contributed by atoms with Crippen molar-refractivity contribution in [3.05, 3.63) is 29.8 Å². The predicted molar refractivity (Wildman–Crippen MR) is 83.0 cm³/mol. The molecule has 0 unspecified atom stereocenters. The summed E-state index contributed by atoms with van der Waals surface area (Å²) in [6.45, 7) is 9.83.